The number of benzene rings is 1. The third-order valence-corrected chi connectivity index (χ3v) is 5.89. The molecule has 2 heterocycles. The molecule has 0 saturated heterocycles. The summed E-state index contributed by atoms with van der Waals surface area (Å²) in [5.74, 6) is -1.49. The first kappa shape index (κ1) is 19.6. The molecule has 0 unspecified atom stereocenters. The highest BCUT2D eigenvalue weighted by molar-refractivity contribution is 7.14. The van der Waals surface area contributed by atoms with Crippen LogP contribution in [0.15, 0.2) is 23.6 Å². The van der Waals surface area contributed by atoms with E-state index in [9.17, 15) is 27.6 Å². The summed E-state index contributed by atoms with van der Waals surface area (Å²) in [7, 11) is 0. The quantitative estimate of drug-likeness (QED) is 0.745. The predicted molar refractivity (Wildman–Crippen MR) is 98.9 cm³/mol. The van der Waals surface area contributed by atoms with Gasteiger partial charge in [-0.25, -0.2) is 4.98 Å². The second-order valence-electron chi connectivity index (χ2n) is 7.02. The molecule has 1 aromatic carbocycles. The highest BCUT2D eigenvalue weighted by Crippen LogP contribution is 2.33. The fraction of sp³-hybridized carbons (Fsp3) is 0.368. The van der Waals surface area contributed by atoms with Crippen molar-refractivity contribution >= 4 is 34.2 Å². The second-order valence-corrected chi connectivity index (χ2v) is 7.88. The summed E-state index contributed by atoms with van der Waals surface area (Å²) in [6.45, 7) is 0. The van der Waals surface area contributed by atoms with Crippen LogP contribution in [0.2, 0.25) is 0 Å². The molecule has 1 N–H and O–H groups in total. The number of carbonyl (C=O) groups excluding carboxylic acids is 3. The van der Waals surface area contributed by atoms with Gasteiger partial charge in [-0.05, 0) is 31.0 Å². The Morgan fingerprint density at radius 2 is 1.79 bits per heavy atom. The van der Waals surface area contributed by atoms with Gasteiger partial charge in [-0.2, -0.15) is 13.2 Å². The fourth-order valence-corrected chi connectivity index (χ4v) is 4.41. The summed E-state index contributed by atoms with van der Waals surface area (Å²) in [5, 5.41) is 2.91. The number of halogens is 3. The zero-order valence-corrected chi connectivity index (χ0v) is 15.9. The minimum atomic E-state index is -4.59. The third kappa shape index (κ3) is 3.64. The van der Waals surface area contributed by atoms with E-state index in [1.54, 1.807) is 0 Å². The number of hydrogen-bond donors (Lipinski definition) is 1. The molecule has 0 atom stereocenters. The van der Waals surface area contributed by atoms with Crippen LogP contribution < -0.4 is 5.32 Å². The minimum absolute atomic E-state index is 0.0687. The number of carbonyl (C=O) groups is 3. The summed E-state index contributed by atoms with van der Waals surface area (Å²) in [6, 6.07) is 3.97. The van der Waals surface area contributed by atoms with E-state index in [1.807, 2.05) is 0 Å². The molecule has 1 aromatic heterocycles. The van der Waals surface area contributed by atoms with E-state index in [1.165, 1.54) is 23.1 Å². The lowest BCUT2D eigenvalue weighted by molar-refractivity contribution is -0.140. The van der Waals surface area contributed by atoms with Crippen molar-refractivity contribution in [2.45, 2.75) is 44.3 Å². The molecular weight excluding hydrogens is 407 g/mol. The Labute approximate surface area is 167 Å². The maximum atomic E-state index is 12.8. The number of anilines is 1. The van der Waals surface area contributed by atoms with Crippen LogP contribution in [0.25, 0.3) is 0 Å². The first-order chi connectivity index (χ1) is 13.8. The maximum absolute atomic E-state index is 12.8. The lowest BCUT2D eigenvalue weighted by Gasteiger charge is -2.29. The Bertz CT molecular complexity index is 996. The van der Waals surface area contributed by atoms with Crippen LogP contribution in [-0.4, -0.2) is 33.6 Å². The van der Waals surface area contributed by atoms with Crippen LogP contribution >= 0.6 is 11.3 Å². The average Bonchev–Trinajstić information content (AvgIpc) is 3.26. The number of alkyl halides is 3. The van der Waals surface area contributed by atoms with E-state index >= 15 is 0 Å². The summed E-state index contributed by atoms with van der Waals surface area (Å²) >= 11 is 0.653. The summed E-state index contributed by atoms with van der Waals surface area (Å²) < 4.78 is 37.9. The molecule has 152 valence electrons. The number of nitrogens with one attached hydrogen (secondary N) is 1. The molecule has 1 aliphatic heterocycles. The molecule has 2 aromatic rings. The Balaban J connectivity index is 1.54. The van der Waals surface area contributed by atoms with Crippen LogP contribution in [0.1, 0.15) is 68.9 Å². The van der Waals surface area contributed by atoms with E-state index in [0.29, 0.717) is 11.3 Å². The number of aromatic nitrogens is 1. The van der Waals surface area contributed by atoms with Crippen molar-refractivity contribution < 1.29 is 27.6 Å². The number of imide groups is 1. The Hall–Kier alpha value is -2.75. The SMILES string of the molecule is O=C(Nc1nc(C(F)(F)F)cs1)c1ccc2c(c1)C(=O)N(C1CCCCC1)C2=O. The number of fused-ring (bicyclic) bond motifs is 1. The Morgan fingerprint density at radius 3 is 2.45 bits per heavy atom. The standard InChI is InChI=1S/C19H16F3N3O3S/c20-19(21,22)14-9-29-18(23-14)24-15(26)10-6-7-12-13(8-10)17(28)25(16(12)27)11-4-2-1-3-5-11/h6-9,11H,1-5H2,(H,23,24,26). The molecule has 1 fully saturated rings. The molecular formula is C19H16F3N3O3S. The number of thiazole rings is 1. The van der Waals surface area contributed by atoms with Gasteiger partial charge in [0, 0.05) is 17.0 Å². The lowest BCUT2D eigenvalue weighted by Crippen LogP contribution is -2.40. The smallest absolute Gasteiger partial charge is 0.298 e. The number of rotatable bonds is 3. The summed E-state index contributed by atoms with van der Waals surface area (Å²) in [6.07, 6.45) is -0.0626. The molecule has 6 nitrogen and oxygen atoms in total. The molecule has 0 radical (unpaired) electrons. The van der Waals surface area contributed by atoms with E-state index in [0.717, 1.165) is 37.5 Å². The third-order valence-electron chi connectivity index (χ3n) is 5.14. The highest BCUT2D eigenvalue weighted by Gasteiger charge is 2.40. The van der Waals surface area contributed by atoms with Crippen LogP contribution in [-0.2, 0) is 6.18 Å². The minimum Gasteiger partial charge on any atom is -0.298 e. The fourth-order valence-electron chi connectivity index (χ4n) is 3.70. The Kier molecular flexibility index (Phi) is 4.89. The van der Waals surface area contributed by atoms with Gasteiger partial charge in [0.1, 0.15) is 0 Å². The van der Waals surface area contributed by atoms with Crippen LogP contribution in [0.5, 0.6) is 0 Å². The normalized spacial score (nSPS) is 17.6. The van der Waals surface area contributed by atoms with Gasteiger partial charge in [0.05, 0.1) is 11.1 Å². The van der Waals surface area contributed by atoms with Crippen molar-refractivity contribution in [1.29, 1.82) is 0 Å². The van der Waals surface area contributed by atoms with Gasteiger partial charge in [0.25, 0.3) is 17.7 Å². The van der Waals surface area contributed by atoms with Crippen LogP contribution in [0.3, 0.4) is 0 Å². The van der Waals surface area contributed by atoms with Crippen molar-refractivity contribution in [1.82, 2.24) is 9.88 Å². The lowest BCUT2D eigenvalue weighted by atomic mass is 9.94. The van der Waals surface area contributed by atoms with E-state index in [4.69, 9.17) is 0 Å². The van der Waals surface area contributed by atoms with Gasteiger partial charge >= 0.3 is 6.18 Å². The van der Waals surface area contributed by atoms with Crippen molar-refractivity contribution in [3.05, 3.63) is 46.0 Å². The predicted octanol–water partition coefficient (Wildman–Crippen LogP) is 4.34. The molecule has 1 saturated carbocycles. The average molecular weight is 423 g/mol. The Morgan fingerprint density at radius 1 is 1.10 bits per heavy atom. The molecule has 29 heavy (non-hydrogen) atoms. The van der Waals surface area contributed by atoms with Gasteiger partial charge in [-0.3, -0.25) is 24.6 Å². The molecule has 1 aliphatic carbocycles. The molecule has 0 spiro atoms. The zero-order chi connectivity index (χ0) is 20.8. The van der Waals surface area contributed by atoms with Crippen molar-refractivity contribution in [2.75, 3.05) is 5.32 Å². The zero-order valence-electron chi connectivity index (χ0n) is 15.1. The van der Waals surface area contributed by atoms with Crippen molar-refractivity contribution in [3.8, 4) is 0 Å². The van der Waals surface area contributed by atoms with E-state index in [-0.39, 0.29) is 33.8 Å². The van der Waals surface area contributed by atoms with Gasteiger partial charge < -0.3 is 0 Å². The van der Waals surface area contributed by atoms with E-state index in [2.05, 4.69) is 10.3 Å². The van der Waals surface area contributed by atoms with Gasteiger partial charge in [0.15, 0.2) is 10.8 Å². The first-order valence-electron chi connectivity index (χ1n) is 9.11. The molecule has 0 bridgehead atoms. The van der Waals surface area contributed by atoms with E-state index < -0.39 is 23.7 Å². The maximum Gasteiger partial charge on any atom is 0.434 e. The molecule has 2 aliphatic rings. The first-order valence-corrected chi connectivity index (χ1v) is 9.99. The van der Waals surface area contributed by atoms with Crippen LogP contribution in [0.4, 0.5) is 18.3 Å². The molecule has 3 amide bonds. The van der Waals surface area contributed by atoms with Crippen molar-refractivity contribution in [3.63, 3.8) is 0 Å². The van der Waals surface area contributed by atoms with Gasteiger partial charge in [-0.15, -0.1) is 11.3 Å². The number of nitrogens with zero attached hydrogens (tertiary/aromatic N) is 2. The molecule has 4 rings (SSSR count). The number of amides is 3. The van der Waals surface area contributed by atoms with Crippen molar-refractivity contribution in [2.24, 2.45) is 0 Å². The highest BCUT2D eigenvalue weighted by atomic mass is 32.1. The second kappa shape index (κ2) is 7.25. The van der Waals surface area contributed by atoms with Gasteiger partial charge in [-0.1, -0.05) is 19.3 Å². The molecule has 10 heteroatoms. The number of hydrogen-bond acceptors (Lipinski definition) is 5. The summed E-state index contributed by atoms with van der Waals surface area (Å²) in [5.41, 5.74) is -0.635. The van der Waals surface area contributed by atoms with Crippen LogP contribution in [0, 0.1) is 0 Å². The van der Waals surface area contributed by atoms with Gasteiger partial charge in [0.2, 0.25) is 0 Å². The monoisotopic (exact) mass is 423 g/mol. The largest absolute Gasteiger partial charge is 0.434 e. The summed E-state index contributed by atoms with van der Waals surface area (Å²) in [4.78, 5) is 42.5. The topological polar surface area (TPSA) is 79.4 Å².